The molecule has 0 saturated heterocycles. The maximum atomic E-state index is 14.6. The molecule has 0 aliphatic heterocycles. The molecule has 0 amide bonds. The fourth-order valence-electron chi connectivity index (χ4n) is 4.70. The molecule has 0 spiro atoms. The summed E-state index contributed by atoms with van der Waals surface area (Å²) >= 11 is 6.22. The predicted octanol–water partition coefficient (Wildman–Crippen LogP) is 12.7. The summed E-state index contributed by atoms with van der Waals surface area (Å²) in [5.74, 6) is -0.145. The number of hydrogen-bond donors (Lipinski definition) is 1. The molecule has 0 bridgehead atoms. The second-order valence-electron chi connectivity index (χ2n) is 11.3. The maximum absolute atomic E-state index is 14.6. The first-order chi connectivity index (χ1) is 21.8. The largest absolute Gasteiger partial charge is 0.415 e. The number of allylic oxidation sites excluding steroid dienone is 2. The lowest BCUT2D eigenvalue weighted by molar-refractivity contribution is -0.0878. The average molecular weight is 665 g/mol. The number of aromatic nitrogens is 1. The van der Waals surface area contributed by atoms with E-state index < -0.39 is 11.7 Å². The van der Waals surface area contributed by atoms with Crippen LogP contribution in [-0.2, 0) is 17.6 Å². The maximum Gasteiger partial charge on any atom is 0.415 e. The number of aromatic amines is 1. The summed E-state index contributed by atoms with van der Waals surface area (Å²) in [7, 11) is 0. The van der Waals surface area contributed by atoms with Gasteiger partial charge in [0.2, 0.25) is 0 Å². The van der Waals surface area contributed by atoms with E-state index in [1.807, 2.05) is 44.2 Å². The Morgan fingerprint density at radius 3 is 2.22 bits per heavy atom. The third kappa shape index (κ3) is 14.3. The summed E-state index contributed by atoms with van der Waals surface area (Å²) in [6.45, 7) is 19.1. The molecule has 46 heavy (non-hydrogen) atoms. The predicted molar refractivity (Wildman–Crippen MR) is 189 cm³/mol. The summed E-state index contributed by atoms with van der Waals surface area (Å²) in [5, 5.41) is 1.90. The van der Waals surface area contributed by atoms with Crippen molar-refractivity contribution in [2.45, 2.75) is 112 Å². The van der Waals surface area contributed by atoms with E-state index in [4.69, 9.17) is 16.3 Å². The zero-order chi connectivity index (χ0) is 34.7. The van der Waals surface area contributed by atoms with Crippen LogP contribution in [0.4, 0.5) is 17.6 Å². The SMILES string of the molecule is C=C(/C=C\N=C(C)CCC)C(F)(F)F.CCCCc1c(C(C)c2ccc(CC)cc2F)[nH]c2ccc(Cl)cc12.CCCOCCC. The van der Waals surface area contributed by atoms with Crippen LogP contribution in [0, 0.1) is 5.82 Å². The van der Waals surface area contributed by atoms with E-state index >= 15 is 0 Å². The first kappa shape index (κ1) is 41.1. The number of halogens is 5. The molecule has 0 fully saturated rings. The first-order valence-corrected chi connectivity index (χ1v) is 16.8. The van der Waals surface area contributed by atoms with Crippen molar-refractivity contribution in [3.63, 3.8) is 0 Å². The van der Waals surface area contributed by atoms with E-state index in [0.29, 0.717) is 0 Å². The van der Waals surface area contributed by atoms with E-state index in [0.717, 1.165) is 115 Å². The van der Waals surface area contributed by atoms with Gasteiger partial charge in [-0.2, -0.15) is 13.2 Å². The fourth-order valence-corrected chi connectivity index (χ4v) is 4.87. The Bertz CT molecular complexity index is 1390. The first-order valence-electron chi connectivity index (χ1n) is 16.5. The summed E-state index contributed by atoms with van der Waals surface area (Å²) in [4.78, 5) is 7.37. The van der Waals surface area contributed by atoms with Gasteiger partial charge in [-0.05, 0) is 92.5 Å². The van der Waals surface area contributed by atoms with Gasteiger partial charge >= 0.3 is 6.18 Å². The number of aryl methyl sites for hydroxylation is 2. The molecule has 1 unspecified atom stereocenters. The third-order valence-electron chi connectivity index (χ3n) is 7.30. The van der Waals surface area contributed by atoms with Gasteiger partial charge in [-0.25, -0.2) is 4.39 Å². The molecule has 2 aromatic carbocycles. The third-order valence-corrected chi connectivity index (χ3v) is 7.53. The summed E-state index contributed by atoms with van der Waals surface area (Å²) in [6.07, 6.45) is 5.72. The fraction of sp³-hybridized carbons (Fsp3) is 0.500. The number of alkyl halides is 3. The Morgan fingerprint density at radius 2 is 1.67 bits per heavy atom. The van der Waals surface area contributed by atoms with Crippen LogP contribution in [0.5, 0.6) is 0 Å². The zero-order valence-electron chi connectivity index (χ0n) is 28.7. The van der Waals surface area contributed by atoms with Crippen molar-refractivity contribution in [2.75, 3.05) is 13.2 Å². The van der Waals surface area contributed by atoms with Gasteiger partial charge in [-0.15, -0.1) is 0 Å². The lowest BCUT2D eigenvalue weighted by Gasteiger charge is -2.15. The van der Waals surface area contributed by atoms with Gasteiger partial charge in [0.1, 0.15) is 5.82 Å². The van der Waals surface area contributed by atoms with Crippen LogP contribution in [0.1, 0.15) is 115 Å². The number of benzene rings is 2. The average Bonchev–Trinajstić information content (AvgIpc) is 3.37. The van der Waals surface area contributed by atoms with Crippen molar-refractivity contribution < 1.29 is 22.3 Å². The van der Waals surface area contributed by atoms with Crippen molar-refractivity contribution in [2.24, 2.45) is 4.99 Å². The second kappa shape index (κ2) is 21.8. The minimum absolute atomic E-state index is 0.0241. The molecule has 0 radical (unpaired) electrons. The van der Waals surface area contributed by atoms with Gasteiger partial charge in [0.25, 0.3) is 0 Å². The number of H-pyrrole nitrogens is 1. The molecule has 1 aromatic heterocycles. The number of nitrogens with zero attached hydrogens (tertiary/aromatic N) is 1. The van der Waals surface area contributed by atoms with Crippen molar-refractivity contribution in [3.05, 3.63) is 94.1 Å². The lowest BCUT2D eigenvalue weighted by atomic mass is 9.91. The highest BCUT2D eigenvalue weighted by molar-refractivity contribution is 6.31. The van der Waals surface area contributed by atoms with E-state index in [1.165, 1.54) is 5.56 Å². The number of hydrogen-bond acceptors (Lipinski definition) is 2. The molecule has 1 atom stereocenters. The number of fused-ring (bicyclic) bond motifs is 1. The van der Waals surface area contributed by atoms with Crippen molar-refractivity contribution in [1.29, 1.82) is 0 Å². The number of rotatable bonds is 14. The molecule has 3 nitrogen and oxygen atoms in total. The van der Waals surface area contributed by atoms with Gasteiger partial charge in [0.05, 0.1) is 0 Å². The van der Waals surface area contributed by atoms with Crippen molar-refractivity contribution in [3.8, 4) is 0 Å². The number of aliphatic imine (C=N–C) groups is 1. The van der Waals surface area contributed by atoms with E-state index in [2.05, 4.69) is 44.3 Å². The molecule has 3 aromatic rings. The standard InChI is InChI=1S/C22H25ClFN.C10H14F3N.C6H14O/c1-4-6-7-18-19-13-16(23)9-11-21(19)25-22(18)14(3)17-10-8-15(5-2)12-20(17)24;1-4-5-9(3)14-7-6-8(2)10(11,12)13;1-3-5-7-6-4-2/h8-14,25H,4-7H2,1-3H3;6-7H,2,4-5H2,1,3H3;3-6H2,1-2H3/b;7-6-,14-9?;. The van der Waals surface area contributed by atoms with Crippen LogP contribution in [0.15, 0.2) is 65.8 Å². The van der Waals surface area contributed by atoms with Gasteiger partial charge in [-0.1, -0.05) is 84.7 Å². The molecule has 0 saturated carbocycles. The summed E-state index contributed by atoms with van der Waals surface area (Å²) in [5.41, 5.74) is 5.16. The van der Waals surface area contributed by atoms with Crippen LogP contribution in [-0.4, -0.2) is 30.1 Å². The van der Waals surface area contributed by atoms with Crippen LogP contribution in [0.3, 0.4) is 0 Å². The van der Waals surface area contributed by atoms with E-state index in [9.17, 15) is 17.6 Å². The Hall–Kier alpha value is -2.90. The monoisotopic (exact) mass is 664 g/mol. The minimum Gasteiger partial charge on any atom is -0.381 e. The number of nitrogens with one attached hydrogen (secondary N) is 1. The quantitative estimate of drug-likeness (QED) is 0.0791. The summed E-state index contributed by atoms with van der Waals surface area (Å²) < 4.78 is 55.5. The van der Waals surface area contributed by atoms with E-state index in [1.54, 1.807) is 13.0 Å². The number of unbranched alkanes of at least 4 members (excludes halogenated alkanes) is 1. The molecular formula is C38H53ClF4N2O. The van der Waals surface area contributed by atoms with Crippen LogP contribution in [0.2, 0.25) is 5.02 Å². The minimum atomic E-state index is -4.36. The smallest absolute Gasteiger partial charge is 0.381 e. The highest BCUT2D eigenvalue weighted by Gasteiger charge is 2.29. The highest BCUT2D eigenvalue weighted by Crippen LogP contribution is 2.35. The van der Waals surface area contributed by atoms with Crippen LogP contribution in [0.25, 0.3) is 10.9 Å². The second-order valence-corrected chi connectivity index (χ2v) is 11.7. The Balaban J connectivity index is 0.000000425. The Morgan fingerprint density at radius 1 is 1.00 bits per heavy atom. The lowest BCUT2D eigenvalue weighted by Crippen LogP contribution is -2.08. The van der Waals surface area contributed by atoms with Gasteiger partial charge in [0, 0.05) is 58.2 Å². The van der Waals surface area contributed by atoms with Crippen molar-refractivity contribution >= 4 is 28.2 Å². The van der Waals surface area contributed by atoms with Crippen LogP contribution < -0.4 is 0 Å². The molecule has 1 N–H and O–H groups in total. The highest BCUT2D eigenvalue weighted by atomic mass is 35.5. The normalized spacial score (nSPS) is 12.5. The van der Waals surface area contributed by atoms with Crippen LogP contribution >= 0.6 is 11.6 Å². The molecule has 8 heteroatoms. The number of ether oxygens (including phenoxy) is 1. The van der Waals surface area contributed by atoms with Crippen molar-refractivity contribution in [1.82, 2.24) is 4.98 Å². The summed E-state index contributed by atoms with van der Waals surface area (Å²) in [6, 6.07) is 11.6. The molecular weight excluding hydrogens is 612 g/mol. The molecule has 1 heterocycles. The molecule has 0 aliphatic carbocycles. The molecule has 0 aliphatic rings. The van der Waals surface area contributed by atoms with Gasteiger partial charge < -0.3 is 9.72 Å². The molecule has 256 valence electrons. The van der Waals surface area contributed by atoms with Gasteiger partial charge in [-0.3, -0.25) is 4.99 Å². The van der Waals surface area contributed by atoms with Gasteiger partial charge in [0.15, 0.2) is 0 Å². The zero-order valence-corrected chi connectivity index (χ0v) is 29.5. The topological polar surface area (TPSA) is 37.4 Å². The molecule has 3 rings (SSSR count). The Kier molecular flexibility index (Phi) is 19.5. The Labute approximate surface area is 279 Å². The van der Waals surface area contributed by atoms with E-state index in [-0.39, 0.29) is 11.7 Å².